The highest BCUT2D eigenvalue weighted by molar-refractivity contribution is 7.79. The van der Waals surface area contributed by atoms with E-state index in [1.165, 1.54) is 11.1 Å². The second-order valence-electron chi connectivity index (χ2n) is 2.40. The summed E-state index contributed by atoms with van der Waals surface area (Å²) in [6.45, 7) is 0. The van der Waals surface area contributed by atoms with E-state index in [1.807, 2.05) is 12.1 Å². The number of rotatable bonds is 2. The molecule has 6 heteroatoms. The first-order valence-electron chi connectivity index (χ1n) is 3.53. The van der Waals surface area contributed by atoms with Gasteiger partial charge < -0.3 is 4.42 Å². The van der Waals surface area contributed by atoms with Crippen molar-refractivity contribution in [2.24, 2.45) is 0 Å². The molecule has 0 saturated carbocycles. The number of benzene rings is 1. The summed E-state index contributed by atoms with van der Waals surface area (Å²) < 4.78 is 25.5. The van der Waals surface area contributed by atoms with Crippen molar-refractivity contribution >= 4 is 22.4 Å². The van der Waals surface area contributed by atoms with Gasteiger partial charge in [0.05, 0.1) is 0 Å². The maximum Gasteiger partial charge on any atom is 0.365 e. The van der Waals surface area contributed by atoms with Gasteiger partial charge in [-0.25, -0.2) is 4.21 Å². The van der Waals surface area contributed by atoms with Gasteiger partial charge in [0.2, 0.25) is 5.58 Å². The van der Waals surface area contributed by atoms with Crippen LogP contribution in [-0.4, -0.2) is 8.76 Å². The molecule has 2 N–H and O–H groups in total. The van der Waals surface area contributed by atoms with Crippen LogP contribution in [0.5, 0.6) is 0 Å². The van der Waals surface area contributed by atoms with Crippen molar-refractivity contribution in [3.8, 4) is 0 Å². The minimum absolute atomic E-state index is 0.653. The Kier molecular flexibility index (Phi) is 1.99. The van der Waals surface area contributed by atoms with Gasteiger partial charge in [0, 0.05) is 6.07 Å². The third-order valence-electron chi connectivity index (χ3n) is 1.59. The van der Waals surface area contributed by atoms with Gasteiger partial charge in [-0.2, -0.15) is 0 Å². The van der Waals surface area contributed by atoms with Crippen LogP contribution >= 0.6 is 0 Å². The number of nitrogens with zero attached hydrogens (tertiary/aromatic N) is 1. The molecule has 0 aliphatic carbocycles. The van der Waals surface area contributed by atoms with Crippen LogP contribution in [0.1, 0.15) is 0 Å². The van der Waals surface area contributed by atoms with Crippen LogP contribution in [0.25, 0.3) is 11.1 Å². The van der Waals surface area contributed by atoms with E-state index in [-0.39, 0.29) is 0 Å². The molecule has 1 unspecified atom stereocenters. The third kappa shape index (κ3) is 1.53. The highest BCUT2D eigenvalue weighted by Crippen LogP contribution is 2.07. The first kappa shape index (κ1) is 8.21. The molecule has 2 aromatic rings. The Morgan fingerprint density at radius 2 is 2.23 bits per heavy atom. The molecule has 1 aromatic carbocycles. The molecule has 1 heterocycles. The van der Waals surface area contributed by atoms with Crippen molar-refractivity contribution in [1.82, 2.24) is 0 Å². The van der Waals surface area contributed by atoms with Gasteiger partial charge in [-0.15, -0.1) is 0 Å². The first-order valence-corrected chi connectivity index (χ1v) is 4.63. The summed E-state index contributed by atoms with van der Waals surface area (Å²) in [5.74, 6) is 0. The maximum atomic E-state index is 10.4. The fourth-order valence-electron chi connectivity index (χ4n) is 1.08. The summed E-state index contributed by atoms with van der Waals surface area (Å²) >= 11 is -2.10. The van der Waals surface area contributed by atoms with E-state index >= 15 is 0 Å². The van der Waals surface area contributed by atoms with E-state index in [2.05, 4.69) is 4.83 Å². The molecule has 1 aromatic heterocycles. The molecule has 5 nitrogen and oxygen atoms in total. The van der Waals surface area contributed by atoms with Gasteiger partial charge in [0.25, 0.3) is 5.52 Å². The minimum Gasteiger partial charge on any atom is -0.402 e. The highest BCUT2D eigenvalue weighted by atomic mass is 32.2. The van der Waals surface area contributed by atoms with Crippen LogP contribution in [0.4, 0.5) is 0 Å². The van der Waals surface area contributed by atoms with Crippen molar-refractivity contribution in [2.75, 3.05) is 4.83 Å². The second kappa shape index (κ2) is 3.15. The molecule has 0 spiro atoms. The molecule has 1 atom stereocenters. The average molecular weight is 199 g/mol. The zero-order valence-electron chi connectivity index (χ0n) is 6.51. The van der Waals surface area contributed by atoms with E-state index in [4.69, 9.17) is 8.97 Å². The molecular weight excluding hydrogens is 192 g/mol. The Labute approximate surface area is 76.4 Å². The van der Waals surface area contributed by atoms with Crippen LogP contribution in [-0.2, 0) is 11.3 Å². The Balaban J connectivity index is 2.51. The zero-order valence-corrected chi connectivity index (χ0v) is 7.32. The highest BCUT2D eigenvalue weighted by Gasteiger charge is 2.13. The molecular formula is C7H7N2O3S+. The number of hydrogen-bond acceptors (Lipinski definition) is 2. The summed E-state index contributed by atoms with van der Waals surface area (Å²) in [6, 6.07) is 7.19. The number of nitrogens with one attached hydrogen (secondary N) is 1. The first-order chi connectivity index (χ1) is 6.27. The van der Waals surface area contributed by atoms with Crippen molar-refractivity contribution < 1.29 is 17.9 Å². The van der Waals surface area contributed by atoms with E-state index < -0.39 is 11.3 Å². The number of hydrogen-bond donors (Lipinski definition) is 2. The lowest BCUT2D eigenvalue weighted by molar-refractivity contribution is -0.614. The molecule has 0 aliphatic rings. The lowest BCUT2D eigenvalue weighted by Crippen LogP contribution is -2.44. The molecule has 13 heavy (non-hydrogen) atoms. The number of oxazole rings is 1. The van der Waals surface area contributed by atoms with Gasteiger partial charge in [0.15, 0.2) is 0 Å². The largest absolute Gasteiger partial charge is 0.402 e. The summed E-state index contributed by atoms with van der Waals surface area (Å²) in [7, 11) is 0. The van der Waals surface area contributed by atoms with E-state index in [1.54, 1.807) is 12.1 Å². The summed E-state index contributed by atoms with van der Waals surface area (Å²) in [6.07, 6.45) is 1.33. The quantitative estimate of drug-likeness (QED) is 0.543. The van der Waals surface area contributed by atoms with Crippen molar-refractivity contribution in [2.45, 2.75) is 0 Å². The zero-order chi connectivity index (χ0) is 9.26. The van der Waals surface area contributed by atoms with Gasteiger partial charge in [0.1, 0.15) is 0 Å². The number of aromatic nitrogens is 1. The van der Waals surface area contributed by atoms with Crippen LogP contribution in [0, 0.1) is 0 Å². The van der Waals surface area contributed by atoms with Gasteiger partial charge in [-0.3, -0.25) is 4.55 Å². The summed E-state index contributed by atoms with van der Waals surface area (Å²) in [5.41, 5.74) is 1.37. The van der Waals surface area contributed by atoms with E-state index in [0.29, 0.717) is 11.1 Å². The average Bonchev–Trinajstić information content (AvgIpc) is 2.48. The van der Waals surface area contributed by atoms with Crippen LogP contribution in [0.2, 0.25) is 0 Å². The van der Waals surface area contributed by atoms with Crippen LogP contribution in [0.3, 0.4) is 0 Å². The molecule has 0 bridgehead atoms. The third-order valence-corrected chi connectivity index (χ3v) is 1.94. The molecule has 0 amide bonds. The van der Waals surface area contributed by atoms with Crippen molar-refractivity contribution in [1.29, 1.82) is 0 Å². The van der Waals surface area contributed by atoms with Gasteiger partial charge in [-0.05, 0) is 10.7 Å². The summed E-state index contributed by atoms with van der Waals surface area (Å²) in [4.78, 5) is 2.28. The molecule has 2 rings (SSSR count). The lowest BCUT2D eigenvalue weighted by atomic mass is 10.3. The SMILES string of the molecule is O=S(O)N[n+]1coc2ccccc21. The van der Waals surface area contributed by atoms with Gasteiger partial charge in [-0.1, -0.05) is 17.0 Å². The molecule has 0 saturated heterocycles. The topological polar surface area (TPSA) is 66.3 Å². The minimum atomic E-state index is -2.10. The Bertz CT molecular complexity index is 454. The normalized spacial score (nSPS) is 13.0. The Morgan fingerprint density at radius 1 is 1.46 bits per heavy atom. The fourth-order valence-corrected chi connectivity index (χ4v) is 1.39. The molecule has 0 radical (unpaired) electrons. The molecule has 68 valence electrons. The van der Waals surface area contributed by atoms with Crippen LogP contribution in [0.15, 0.2) is 35.1 Å². The van der Waals surface area contributed by atoms with Crippen molar-refractivity contribution in [3.63, 3.8) is 0 Å². The summed E-state index contributed by atoms with van der Waals surface area (Å²) in [5, 5.41) is 0. The Morgan fingerprint density at radius 3 is 3.00 bits per heavy atom. The van der Waals surface area contributed by atoms with Gasteiger partial charge >= 0.3 is 17.7 Å². The lowest BCUT2D eigenvalue weighted by Gasteiger charge is -1.88. The standard InChI is InChI=1S/C7H6N2O3S/c10-13(11)8-9-5-12-7-4-2-1-3-6(7)9/h1-5,8H/p+1. The van der Waals surface area contributed by atoms with Crippen LogP contribution < -0.4 is 9.51 Å². The smallest absolute Gasteiger partial charge is 0.365 e. The molecule has 0 aliphatic heterocycles. The van der Waals surface area contributed by atoms with Crippen molar-refractivity contribution in [3.05, 3.63) is 30.7 Å². The maximum absolute atomic E-state index is 10.4. The fraction of sp³-hybridized carbons (Fsp3) is 0. The monoisotopic (exact) mass is 199 g/mol. The predicted octanol–water partition coefficient (Wildman–Crippen LogP) is 0.400. The molecule has 0 fully saturated rings. The predicted molar refractivity (Wildman–Crippen MR) is 46.5 cm³/mol. The van der Waals surface area contributed by atoms with E-state index in [0.717, 1.165) is 0 Å². The second-order valence-corrected chi connectivity index (χ2v) is 3.08. The number of fused-ring (bicyclic) bond motifs is 1. The Hall–Kier alpha value is -1.40. The number of para-hydroxylation sites is 2. The van der Waals surface area contributed by atoms with E-state index in [9.17, 15) is 4.21 Å².